The lowest BCUT2D eigenvalue weighted by atomic mass is 10.1. The Bertz CT molecular complexity index is 328. The maximum Gasteiger partial charge on any atom is 0.128 e. The lowest BCUT2D eigenvalue weighted by molar-refractivity contribution is 0.414. The molecule has 4 nitrogen and oxygen atoms in total. The molecule has 0 bridgehead atoms. The second kappa shape index (κ2) is 5.87. The number of hydrogen-bond donors (Lipinski definition) is 2. The minimum Gasteiger partial charge on any atom is -0.382 e. The summed E-state index contributed by atoms with van der Waals surface area (Å²) in [5.74, 6) is 0.992. The maximum absolute atomic E-state index is 4.38. The average molecular weight is 234 g/mol. The molecular formula is C13H22N4. The molecular weight excluding hydrogens is 212 g/mol. The van der Waals surface area contributed by atoms with Crippen molar-refractivity contribution in [3.8, 4) is 0 Å². The molecule has 0 aromatic carbocycles. The first-order valence-corrected chi connectivity index (χ1v) is 6.36. The van der Waals surface area contributed by atoms with Gasteiger partial charge >= 0.3 is 0 Å². The molecule has 2 rings (SSSR count). The van der Waals surface area contributed by atoms with Gasteiger partial charge < -0.3 is 15.5 Å². The standard InChI is InChI=1S/C13H22N4/c1-17(2)13-7-6-12(10-16-13)15-9-11-5-3-4-8-14-11/h6-7,10-11,14-15H,3-5,8-9H2,1-2H3. The summed E-state index contributed by atoms with van der Waals surface area (Å²) in [7, 11) is 4.00. The zero-order valence-electron chi connectivity index (χ0n) is 10.7. The summed E-state index contributed by atoms with van der Waals surface area (Å²) in [6.45, 7) is 2.15. The summed E-state index contributed by atoms with van der Waals surface area (Å²) in [6, 6.07) is 4.74. The van der Waals surface area contributed by atoms with Gasteiger partial charge in [-0.1, -0.05) is 6.42 Å². The highest BCUT2D eigenvalue weighted by Crippen LogP contribution is 2.13. The molecule has 2 heterocycles. The van der Waals surface area contributed by atoms with E-state index in [1.54, 1.807) is 0 Å². The number of piperidine rings is 1. The summed E-state index contributed by atoms with van der Waals surface area (Å²) in [4.78, 5) is 6.39. The molecule has 17 heavy (non-hydrogen) atoms. The molecule has 4 heteroatoms. The van der Waals surface area contributed by atoms with Crippen molar-refractivity contribution in [1.29, 1.82) is 0 Å². The lowest BCUT2D eigenvalue weighted by Gasteiger charge is -2.24. The minimum atomic E-state index is 0.609. The van der Waals surface area contributed by atoms with E-state index < -0.39 is 0 Å². The first-order valence-electron chi connectivity index (χ1n) is 6.36. The molecule has 1 aliphatic heterocycles. The summed E-state index contributed by atoms with van der Waals surface area (Å²) in [5, 5.41) is 6.96. The van der Waals surface area contributed by atoms with E-state index in [1.807, 2.05) is 31.3 Å². The second-order valence-corrected chi connectivity index (χ2v) is 4.83. The van der Waals surface area contributed by atoms with Crippen molar-refractivity contribution in [2.75, 3.05) is 37.4 Å². The lowest BCUT2D eigenvalue weighted by Crippen LogP contribution is -2.39. The molecule has 1 fully saturated rings. The van der Waals surface area contributed by atoms with Crippen molar-refractivity contribution in [1.82, 2.24) is 10.3 Å². The normalized spacial score (nSPS) is 20.0. The second-order valence-electron chi connectivity index (χ2n) is 4.83. The van der Waals surface area contributed by atoms with Crippen molar-refractivity contribution in [2.45, 2.75) is 25.3 Å². The number of aromatic nitrogens is 1. The number of pyridine rings is 1. The third-order valence-corrected chi connectivity index (χ3v) is 3.17. The van der Waals surface area contributed by atoms with Crippen molar-refractivity contribution >= 4 is 11.5 Å². The van der Waals surface area contributed by atoms with Gasteiger partial charge in [0, 0.05) is 26.7 Å². The zero-order valence-corrected chi connectivity index (χ0v) is 10.7. The molecule has 1 aromatic heterocycles. The van der Waals surface area contributed by atoms with Crippen LogP contribution >= 0.6 is 0 Å². The average Bonchev–Trinajstić information content (AvgIpc) is 2.38. The van der Waals surface area contributed by atoms with Gasteiger partial charge in [0.1, 0.15) is 5.82 Å². The summed E-state index contributed by atoms with van der Waals surface area (Å²) in [5.41, 5.74) is 1.10. The van der Waals surface area contributed by atoms with E-state index in [2.05, 4.69) is 21.7 Å². The number of anilines is 2. The van der Waals surface area contributed by atoms with Crippen LogP contribution in [0, 0.1) is 0 Å². The van der Waals surface area contributed by atoms with Crippen LogP contribution in [-0.4, -0.2) is 38.2 Å². The zero-order chi connectivity index (χ0) is 12.1. The Morgan fingerprint density at radius 1 is 1.41 bits per heavy atom. The third-order valence-electron chi connectivity index (χ3n) is 3.17. The van der Waals surface area contributed by atoms with Crippen LogP contribution in [0.25, 0.3) is 0 Å². The first-order chi connectivity index (χ1) is 8.25. The summed E-state index contributed by atoms with van der Waals surface area (Å²) < 4.78 is 0. The molecule has 2 N–H and O–H groups in total. The fraction of sp³-hybridized carbons (Fsp3) is 0.615. The van der Waals surface area contributed by atoms with Crippen LogP contribution in [0.2, 0.25) is 0 Å². The minimum absolute atomic E-state index is 0.609. The van der Waals surface area contributed by atoms with Crippen molar-refractivity contribution in [3.05, 3.63) is 18.3 Å². The third kappa shape index (κ3) is 3.60. The van der Waals surface area contributed by atoms with Crippen molar-refractivity contribution in [3.63, 3.8) is 0 Å². The van der Waals surface area contributed by atoms with Gasteiger partial charge in [-0.15, -0.1) is 0 Å². The molecule has 94 valence electrons. The highest BCUT2D eigenvalue weighted by molar-refractivity contribution is 5.47. The van der Waals surface area contributed by atoms with Crippen molar-refractivity contribution in [2.24, 2.45) is 0 Å². The largest absolute Gasteiger partial charge is 0.382 e. The van der Waals surface area contributed by atoms with E-state index >= 15 is 0 Å². The van der Waals surface area contributed by atoms with Gasteiger partial charge in [0.05, 0.1) is 11.9 Å². The van der Waals surface area contributed by atoms with E-state index in [-0.39, 0.29) is 0 Å². The molecule has 0 spiro atoms. The van der Waals surface area contributed by atoms with Gasteiger partial charge in [-0.2, -0.15) is 0 Å². The number of hydrogen-bond acceptors (Lipinski definition) is 4. The van der Waals surface area contributed by atoms with Crippen LogP contribution in [-0.2, 0) is 0 Å². The van der Waals surface area contributed by atoms with E-state index in [4.69, 9.17) is 0 Å². The van der Waals surface area contributed by atoms with Crippen LogP contribution < -0.4 is 15.5 Å². The Morgan fingerprint density at radius 3 is 2.88 bits per heavy atom. The van der Waals surface area contributed by atoms with Gasteiger partial charge in [0.2, 0.25) is 0 Å². The van der Waals surface area contributed by atoms with Crippen molar-refractivity contribution < 1.29 is 0 Å². The highest BCUT2D eigenvalue weighted by Gasteiger charge is 2.11. The molecule has 0 aliphatic carbocycles. The van der Waals surface area contributed by atoms with Gasteiger partial charge in [-0.25, -0.2) is 4.98 Å². The SMILES string of the molecule is CN(C)c1ccc(NCC2CCCCN2)cn1. The number of rotatable bonds is 4. The number of nitrogens with zero attached hydrogens (tertiary/aromatic N) is 2. The monoisotopic (exact) mass is 234 g/mol. The quantitative estimate of drug-likeness (QED) is 0.832. The molecule has 1 atom stereocenters. The summed E-state index contributed by atoms with van der Waals surface area (Å²) in [6.07, 6.45) is 5.83. The van der Waals surface area contributed by atoms with E-state index in [9.17, 15) is 0 Å². The van der Waals surface area contributed by atoms with Gasteiger partial charge in [-0.05, 0) is 31.5 Å². The fourth-order valence-electron chi connectivity index (χ4n) is 2.09. The van der Waals surface area contributed by atoms with Gasteiger partial charge in [0.15, 0.2) is 0 Å². The Labute approximate surface area is 103 Å². The predicted molar refractivity (Wildman–Crippen MR) is 72.7 cm³/mol. The smallest absolute Gasteiger partial charge is 0.128 e. The van der Waals surface area contributed by atoms with Gasteiger partial charge in [0.25, 0.3) is 0 Å². The Hall–Kier alpha value is -1.29. The molecule has 1 aromatic rings. The van der Waals surface area contributed by atoms with Crippen LogP contribution in [0.15, 0.2) is 18.3 Å². The molecule has 0 amide bonds. The van der Waals surface area contributed by atoms with Crippen LogP contribution in [0.4, 0.5) is 11.5 Å². The maximum atomic E-state index is 4.38. The molecule has 0 radical (unpaired) electrons. The van der Waals surface area contributed by atoms with E-state index in [1.165, 1.54) is 19.3 Å². The van der Waals surface area contributed by atoms with Crippen LogP contribution in [0.3, 0.4) is 0 Å². The van der Waals surface area contributed by atoms with Gasteiger partial charge in [-0.3, -0.25) is 0 Å². The number of nitrogens with one attached hydrogen (secondary N) is 2. The molecule has 0 saturated carbocycles. The Morgan fingerprint density at radius 2 is 2.29 bits per heavy atom. The highest BCUT2D eigenvalue weighted by atomic mass is 15.1. The topological polar surface area (TPSA) is 40.2 Å². The molecule has 1 saturated heterocycles. The van der Waals surface area contributed by atoms with Crippen LogP contribution in [0.1, 0.15) is 19.3 Å². The Balaban J connectivity index is 1.82. The van der Waals surface area contributed by atoms with E-state index in [0.717, 1.165) is 24.6 Å². The fourth-order valence-corrected chi connectivity index (χ4v) is 2.09. The molecule has 1 aliphatic rings. The van der Waals surface area contributed by atoms with E-state index in [0.29, 0.717) is 6.04 Å². The predicted octanol–water partition coefficient (Wildman–Crippen LogP) is 1.70. The first kappa shape index (κ1) is 12.2. The van der Waals surface area contributed by atoms with Crippen LogP contribution in [0.5, 0.6) is 0 Å². The Kier molecular flexibility index (Phi) is 4.20. The molecule has 1 unspecified atom stereocenters. The summed E-state index contributed by atoms with van der Waals surface area (Å²) >= 11 is 0.